The summed E-state index contributed by atoms with van der Waals surface area (Å²) < 4.78 is 83.8. The van der Waals surface area contributed by atoms with Crippen molar-refractivity contribution < 1.29 is 107 Å². The average Bonchev–Trinajstić information content (AvgIpc) is 1.92. The summed E-state index contributed by atoms with van der Waals surface area (Å²) in [6.45, 7) is 12.5. The van der Waals surface area contributed by atoms with Gasteiger partial charge in [0.2, 0.25) is 5.78 Å². The van der Waals surface area contributed by atoms with Crippen LogP contribution in [0.3, 0.4) is 0 Å². The molecular weight excluding hydrogens is 1100 g/mol. The Morgan fingerprint density at radius 1 is 0.571 bits per heavy atom. The van der Waals surface area contributed by atoms with Crippen LogP contribution in [0.5, 0.6) is 17.2 Å². The zero-order valence-electron chi connectivity index (χ0n) is 49.6. The van der Waals surface area contributed by atoms with Crippen molar-refractivity contribution in [2.45, 2.75) is 259 Å². The maximum absolute atomic E-state index is 14.6. The molecule has 2 aromatic rings. The molecule has 0 saturated carbocycles. The van der Waals surface area contributed by atoms with Gasteiger partial charge in [-0.05, 0) is 88.6 Å². The number of phenols is 3. The molecule has 9 aliphatic rings. The molecular formula is C60H84N2O22. The van der Waals surface area contributed by atoms with Crippen LogP contribution >= 0.6 is 0 Å². The second-order valence-electron chi connectivity index (χ2n) is 24.9. The van der Waals surface area contributed by atoms with Crippen LogP contribution in [0.25, 0.3) is 0 Å². The second kappa shape index (κ2) is 24.3. The summed E-state index contributed by atoms with van der Waals surface area (Å²) in [7, 11) is 7.51. The lowest BCUT2D eigenvalue weighted by atomic mass is 9.70. The zero-order valence-corrected chi connectivity index (χ0v) is 49.6. The molecule has 0 radical (unpaired) electrons. The van der Waals surface area contributed by atoms with E-state index >= 15 is 0 Å². The van der Waals surface area contributed by atoms with Crippen molar-refractivity contribution in [2.24, 2.45) is 0 Å². The van der Waals surface area contributed by atoms with Crippen LogP contribution in [0, 0.1) is 0 Å². The minimum absolute atomic E-state index is 0.000665. The van der Waals surface area contributed by atoms with E-state index in [0.717, 1.165) is 0 Å². The number of fused-ring (bicyclic) bond motifs is 5. The summed E-state index contributed by atoms with van der Waals surface area (Å²) in [6.07, 6.45) is -14.8. The number of phenolic OH excluding ortho intramolecular Hbond substituents is 3. The first-order valence-corrected chi connectivity index (χ1v) is 29.8. The molecule has 6 N–H and O–H groups in total. The molecule has 7 heterocycles. The first-order valence-electron chi connectivity index (χ1n) is 29.8. The van der Waals surface area contributed by atoms with Gasteiger partial charge >= 0.3 is 0 Å². The Morgan fingerprint density at radius 2 is 1.13 bits per heavy atom. The van der Waals surface area contributed by atoms with Gasteiger partial charge in [0, 0.05) is 73.7 Å². The summed E-state index contributed by atoms with van der Waals surface area (Å²) in [4.78, 5) is 45.6. The third-order valence-electron chi connectivity index (χ3n) is 18.9. The minimum atomic E-state index is -1.90. The fraction of sp³-hybridized carbons (Fsp3) is 0.750. The summed E-state index contributed by atoms with van der Waals surface area (Å²) >= 11 is 0. The highest BCUT2D eigenvalue weighted by molar-refractivity contribution is 6.31. The van der Waals surface area contributed by atoms with Gasteiger partial charge in [0.25, 0.3) is 0 Å². The lowest BCUT2D eigenvalue weighted by Crippen LogP contribution is -2.62. The van der Waals surface area contributed by atoms with Crippen molar-refractivity contribution in [3.8, 4) is 17.2 Å². The smallest absolute Gasteiger partial charge is 0.202 e. The van der Waals surface area contributed by atoms with Crippen molar-refractivity contribution in [1.82, 2.24) is 9.80 Å². The van der Waals surface area contributed by atoms with E-state index in [2.05, 4.69) is 0 Å². The number of aliphatic hydroxyl groups excluding tert-OH is 2. The normalized spacial score (nSPS) is 43.4. The van der Waals surface area contributed by atoms with Crippen molar-refractivity contribution in [2.75, 3.05) is 28.2 Å². The monoisotopic (exact) mass is 1180 g/mol. The van der Waals surface area contributed by atoms with Gasteiger partial charge in [0.05, 0.1) is 77.2 Å². The Kier molecular flexibility index (Phi) is 17.8. The molecule has 0 amide bonds. The van der Waals surface area contributed by atoms with Crippen molar-refractivity contribution in [1.29, 1.82) is 0 Å². The highest BCUT2D eigenvalue weighted by Crippen LogP contribution is 2.58. The summed E-state index contributed by atoms with van der Waals surface area (Å²) in [5, 5.41) is 71.0. The standard InChI is InChI=1S/C60H84N2O22/c1-12-60(71)23-39(79-41-18-31(61(8)9)54(26(4)73-41)81-43-21-36(66)56(28(6)75-43)80-40-17-16-33(63)24(2)72-40)46-49(53(70)47-48(52(46)69)51(68)45-30(50(47)67)14-13-15-34(45)64)58(60)83-42-19-32(62(10)11)55(27(5)74-42)82-44-22-37-57(29(7)76-44)84-59-38(78-37)20-35(65)25(3)77-59/h13-15,24-29,31-33,36-44,54-59,63-64,66,69-71H,12,16-23H2,1-11H3. The maximum atomic E-state index is 14.6. The number of aromatic hydroxyl groups is 3. The third kappa shape index (κ3) is 11.5. The number of ether oxygens (including phenoxy) is 13. The average molecular weight is 1190 g/mol. The highest BCUT2D eigenvalue weighted by Gasteiger charge is 2.56. The van der Waals surface area contributed by atoms with Gasteiger partial charge in [0.1, 0.15) is 60.0 Å². The number of aliphatic hydroxyl groups is 3. The first-order chi connectivity index (χ1) is 39.8. The van der Waals surface area contributed by atoms with Gasteiger partial charge in [-0.1, -0.05) is 19.1 Å². The molecule has 2 aromatic carbocycles. The third-order valence-corrected chi connectivity index (χ3v) is 18.9. The van der Waals surface area contributed by atoms with E-state index < -0.39 is 193 Å². The summed E-state index contributed by atoms with van der Waals surface area (Å²) in [5.41, 5.74) is -3.83. The van der Waals surface area contributed by atoms with E-state index in [1.165, 1.54) is 18.2 Å². The number of Topliss-reactive ketones (excluding diaryl/α,β-unsaturated/α-hetero) is 1. The SMILES string of the molecule is CCC1(O)CC(OC2CC(N(C)C)C(OC3CC(O)C(OC4CCC(O)C(C)O4)C(C)O3)C(C)O2)c2c(O)c3c(c(O)c2C1OC1CC(N(C)C)C(OC2CC4OC5CC(=O)C(C)OC5OC4C(C)O2)C(C)O1)C(=O)c1cccc(O)c1C3=O. The predicted molar refractivity (Wildman–Crippen MR) is 291 cm³/mol. The number of benzene rings is 2. The Hall–Kier alpha value is -3.87. The molecule has 0 aromatic heterocycles. The largest absolute Gasteiger partial charge is 0.507 e. The Balaban J connectivity index is 0.846. The topological polar surface area (TPSA) is 299 Å². The van der Waals surface area contributed by atoms with Crippen molar-refractivity contribution in [3.63, 3.8) is 0 Å². The molecule has 466 valence electrons. The van der Waals surface area contributed by atoms with Crippen molar-refractivity contribution in [3.05, 3.63) is 51.6 Å². The predicted octanol–water partition coefficient (Wildman–Crippen LogP) is 3.90. The molecule has 7 saturated heterocycles. The molecule has 24 nitrogen and oxygen atoms in total. The van der Waals surface area contributed by atoms with Gasteiger partial charge in [-0.3, -0.25) is 14.4 Å². The molecule has 25 unspecified atom stereocenters. The van der Waals surface area contributed by atoms with Crippen LogP contribution in [0.4, 0.5) is 0 Å². The summed E-state index contributed by atoms with van der Waals surface area (Å²) in [6, 6.07) is 3.19. The summed E-state index contributed by atoms with van der Waals surface area (Å²) in [5.74, 6) is -3.74. The quantitative estimate of drug-likeness (QED) is 0.132. The van der Waals surface area contributed by atoms with Crippen molar-refractivity contribution >= 4 is 17.3 Å². The first kappa shape index (κ1) is 61.8. The lowest BCUT2D eigenvalue weighted by molar-refractivity contribution is -0.372. The molecule has 7 aliphatic heterocycles. The van der Waals surface area contributed by atoms with E-state index in [4.69, 9.17) is 61.6 Å². The Morgan fingerprint density at radius 3 is 1.75 bits per heavy atom. The van der Waals surface area contributed by atoms with E-state index in [9.17, 15) is 45.0 Å². The van der Waals surface area contributed by atoms with Crippen LogP contribution in [-0.2, 0) is 66.4 Å². The van der Waals surface area contributed by atoms with Gasteiger partial charge in [-0.25, -0.2) is 0 Å². The van der Waals surface area contributed by atoms with E-state index in [1.807, 2.05) is 51.8 Å². The van der Waals surface area contributed by atoms with Crippen LogP contribution < -0.4 is 0 Å². The molecule has 0 bridgehead atoms. The van der Waals surface area contributed by atoms with E-state index in [1.54, 1.807) is 34.6 Å². The van der Waals surface area contributed by atoms with Gasteiger partial charge in [-0.2, -0.15) is 0 Å². The minimum Gasteiger partial charge on any atom is -0.507 e. The zero-order chi connectivity index (χ0) is 60.1. The van der Waals surface area contributed by atoms with Crippen LogP contribution in [-0.4, -0.2) is 227 Å². The number of carbonyl (C=O) groups is 3. The van der Waals surface area contributed by atoms with Gasteiger partial charge < -0.3 is 102 Å². The van der Waals surface area contributed by atoms with Crippen LogP contribution in [0.1, 0.15) is 161 Å². The van der Waals surface area contributed by atoms with Crippen LogP contribution in [0.15, 0.2) is 18.2 Å². The number of nitrogens with zero attached hydrogens (tertiary/aromatic N) is 2. The fourth-order valence-electron chi connectivity index (χ4n) is 14.1. The number of hydrogen-bond donors (Lipinski definition) is 6. The molecule has 2 aliphatic carbocycles. The lowest BCUT2D eigenvalue weighted by Gasteiger charge is -2.51. The Labute approximate surface area is 488 Å². The molecule has 0 spiro atoms. The number of rotatable bonds is 13. The molecule has 25 atom stereocenters. The highest BCUT2D eigenvalue weighted by atomic mass is 16.8. The number of hydrogen-bond acceptors (Lipinski definition) is 24. The second-order valence-corrected chi connectivity index (χ2v) is 24.9. The fourth-order valence-corrected chi connectivity index (χ4v) is 14.1. The van der Waals surface area contributed by atoms with E-state index in [-0.39, 0.29) is 66.6 Å². The Bertz CT molecular complexity index is 2760. The van der Waals surface area contributed by atoms with Gasteiger partial charge in [-0.15, -0.1) is 0 Å². The maximum Gasteiger partial charge on any atom is 0.202 e. The molecule has 24 heteroatoms. The van der Waals surface area contributed by atoms with Crippen LogP contribution in [0.2, 0.25) is 0 Å². The molecule has 84 heavy (non-hydrogen) atoms. The number of likely N-dealkylation sites (N-methyl/N-ethyl adjacent to an activating group) is 2. The number of carbonyl (C=O) groups excluding carboxylic acids is 3. The molecule has 7 fully saturated rings. The molecule has 11 rings (SSSR count). The number of ketones is 3. The van der Waals surface area contributed by atoms with Gasteiger partial charge in [0.15, 0.2) is 49.3 Å². The van der Waals surface area contributed by atoms with E-state index in [0.29, 0.717) is 19.3 Å².